The molecular weight excluding hydrogens is 545 g/mol. The number of nitrogens with zero attached hydrogens (tertiary/aromatic N) is 1. The normalized spacial score (nSPS) is 12.8. The fourth-order valence-electron chi connectivity index (χ4n) is 3.72. The molecular formula is C24H29F3N4O7S. The zero-order chi connectivity index (χ0) is 29.8. The van der Waals surface area contributed by atoms with E-state index >= 15 is 0 Å². The van der Waals surface area contributed by atoms with Crippen molar-refractivity contribution in [1.29, 1.82) is 0 Å². The zero-order valence-corrected chi connectivity index (χ0v) is 22.6. The standard InChI is InChI=1S/C24H29F3N4O7S/c1-14(13-23(3,4)5)10-21(32)38-19-12-20(18(31(34)35)11-15(19)2)39(36,37)30-17-8-6-16(7-9-17)28-29-22(33)24(25,26)27/h6-9,11-12,14,28,30H,10,13H2,1-5H3,(H,29,33). The number of hydrogen-bond acceptors (Lipinski definition) is 8. The molecule has 0 aromatic heterocycles. The smallest absolute Gasteiger partial charge is 0.426 e. The third-order valence-electron chi connectivity index (χ3n) is 5.16. The van der Waals surface area contributed by atoms with E-state index in [2.05, 4.69) is 4.72 Å². The van der Waals surface area contributed by atoms with Crippen molar-refractivity contribution in [3.63, 3.8) is 0 Å². The molecule has 1 amide bonds. The van der Waals surface area contributed by atoms with Crippen LogP contribution in [0.25, 0.3) is 0 Å². The van der Waals surface area contributed by atoms with Gasteiger partial charge in [0.1, 0.15) is 5.75 Å². The number of anilines is 2. The first kappa shape index (κ1) is 31.3. The highest BCUT2D eigenvalue weighted by molar-refractivity contribution is 7.92. The van der Waals surface area contributed by atoms with Crippen LogP contribution in [-0.4, -0.2) is 31.4 Å². The number of nitro benzene ring substituents is 1. The summed E-state index contributed by atoms with van der Waals surface area (Å²) in [4.78, 5) is 33.3. The number of sulfonamides is 1. The van der Waals surface area contributed by atoms with E-state index in [0.717, 1.165) is 42.8 Å². The topological polar surface area (TPSA) is 157 Å². The summed E-state index contributed by atoms with van der Waals surface area (Å²) < 4.78 is 70.5. The molecule has 0 spiro atoms. The molecule has 0 bridgehead atoms. The second-order valence-corrected chi connectivity index (χ2v) is 11.8. The van der Waals surface area contributed by atoms with Gasteiger partial charge in [-0.25, -0.2) is 8.42 Å². The fourth-order valence-corrected chi connectivity index (χ4v) is 4.95. The molecule has 0 aliphatic carbocycles. The van der Waals surface area contributed by atoms with E-state index in [1.54, 1.807) is 0 Å². The van der Waals surface area contributed by atoms with E-state index in [9.17, 15) is 41.3 Å². The van der Waals surface area contributed by atoms with Gasteiger partial charge in [0.15, 0.2) is 4.90 Å². The van der Waals surface area contributed by atoms with Crippen molar-refractivity contribution in [3.05, 3.63) is 52.1 Å². The minimum atomic E-state index is -5.11. The molecule has 2 aromatic rings. The predicted octanol–water partition coefficient (Wildman–Crippen LogP) is 5.08. The molecule has 0 aliphatic rings. The number of benzene rings is 2. The van der Waals surface area contributed by atoms with Crippen molar-refractivity contribution in [2.24, 2.45) is 11.3 Å². The summed E-state index contributed by atoms with van der Waals surface area (Å²) in [5.74, 6) is -3.05. The minimum absolute atomic E-state index is 0.00764. The Balaban J connectivity index is 2.25. The van der Waals surface area contributed by atoms with Crippen LogP contribution in [0.4, 0.5) is 30.2 Å². The SMILES string of the molecule is Cc1cc([N+](=O)[O-])c(S(=O)(=O)Nc2ccc(NNC(=O)C(F)(F)F)cc2)cc1OC(=O)CC(C)CC(C)(C)C. The van der Waals surface area contributed by atoms with Crippen LogP contribution in [0.5, 0.6) is 5.75 Å². The van der Waals surface area contributed by atoms with Gasteiger partial charge in [-0.2, -0.15) is 13.2 Å². The summed E-state index contributed by atoms with van der Waals surface area (Å²) in [5, 5.41) is 11.6. The average Bonchev–Trinajstić information content (AvgIpc) is 2.76. The fraction of sp³-hybridized carbons (Fsp3) is 0.417. The number of hydrogen-bond donors (Lipinski definition) is 3. The summed E-state index contributed by atoms with van der Waals surface area (Å²) in [6, 6.07) is 6.49. The largest absolute Gasteiger partial charge is 0.472 e. The number of nitrogens with one attached hydrogen (secondary N) is 3. The molecule has 0 fully saturated rings. The highest BCUT2D eigenvalue weighted by atomic mass is 32.2. The maximum absolute atomic E-state index is 13.1. The number of rotatable bonds is 10. The Morgan fingerprint density at radius 3 is 2.15 bits per heavy atom. The number of aryl methyl sites for hydroxylation is 1. The molecule has 1 atom stereocenters. The summed E-state index contributed by atoms with van der Waals surface area (Å²) in [5.41, 5.74) is 2.75. The van der Waals surface area contributed by atoms with Crippen LogP contribution in [0.3, 0.4) is 0 Å². The monoisotopic (exact) mass is 574 g/mol. The van der Waals surface area contributed by atoms with Crippen LogP contribution in [0.2, 0.25) is 0 Å². The highest BCUT2D eigenvalue weighted by Crippen LogP contribution is 2.34. The average molecular weight is 575 g/mol. The molecule has 214 valence electrons. The number of esters is 1. The zero-order valence-electron chi connectivity index (χ0n) is 21.8. The summed E-state index contributed by atoms with van der Waals surface area (Å²) in [6.07, 6.45) is -4.32. The van der Waals surface area contributed by atoms with Gasteiger partial charge in [0.05, 0.1) is 10.6 Å². The lowest BCUT2D eigenvalue weighted by molar-refractivity contribution is -0.387. The minimum Gasteiger partial charge on any atom is -0.426 e. The number of alkyl halides is 3. The number of amides is 1. The lowest BCUT2D eigenvalue weighted by Crippen LogP contribution is -2.40. The van der Waals surface area contributed by atoms with Crippen molar-refractivity contribution in [2.75, 3.05) is 10.1 Å². The van der Waals surface area contributed by atoms with Gasteiger partial charge in [0.25, 0.3) is 15.7 Å². The number of ether oxygens (including phenoxy) is 1. The van der Waals surface area contributed by atoms with Gasteiger partial charge in [-0.05, 0) is 54.5 Å². The van der Waals surface area contributed by atoms with Crippen LogP contribution in [-0.2, 0) is 19.6 Å². The quantitative estimate of drug-likeness (QED) is 0.154. The molecule has 1 unspecified atom stereocenters. The van der Waals surface area contributed by atoms with Gasteiger partial charge < -0.3 is 4.74 Å². The molecule has 0 saturated heterocycles. The van der Waals surface area contributed by atoms with Crippen molar-refractivity contribution in [2.45, 2.75) is 58.5 Å². The third kappa shape index (κ3) is 9.42. The van der Waals surface area contributed by atoms with Gasteiger partial charge in [0.2, 0.25) is 0 Å². The van der Waals surface area contributed by atoms with Gasteiger partial charge >= 0.3 is 18.1 Å². The van der Waals surface area contributed by atoms with Crippen LogP contribution >= 0.6 is 0 Å². The van der Waals surface area contributed by atoms with Crippen LogP contribution in [0.15, 0.2) is 41.3 Å². The summed E-state index contributed by atoms with van der Waals surface area (Å²) in [6.45, 7) is 9.38. The molecule has 11 nitrogen and oxygen atoms in total. The van der Waals surface area contributed by atoms with E-state index in [4.69, 9.17) is 4.74 Å². The number of halogens is 3. The molecule has 2 rings (SSSR count). The first-order valence-electron chi connectivity index (χ1n) is 11.5. The molecule has 15 heteroatoms. The Bertz CT molecular complexity index is 1340. The first-order chi connectivity index (χ1) is 17.8. The third-order valence-corrected chi connectivity index (χ3v) is 6.57. The number of nitro groups is 1. The van der Waals surface area contributed by atoms with E-state index in [1.807, 2.05) is 33.1 Å². The predicted molar refractivity (Wildman–Crippen MR) is 136 cm³/mol. The molecule has 39 heavy (non-hydrogen) atoms. The highest BCUT2D eigenvalue weighted by Gasteiger charge is 2.38. The second kappa shape index (κ2) is 11.9. The van der Waals surface area contributed by atoms with E-state index < -0.39 is 43.6 Å². The van der Waals surface area contributed by atoms with Gasteiger partial charge in [-0.15, -0.1) is 0 Å². The molecule has 0 heterocycles. The van der Waals surface area contributed by atoms with Gasteiger partial charge in [-0.1, -0.05) is 27.7 Å². The second-order valence-electron chi connectivity index (χ2n) is 10.2. The number of carbonyl (C=O) groups is 2. The Labute approximate surface area is 223 Å². The molecule has 0 radical (unpaired) electrons. The van der Waals surface area contributed by atoms with Crippen molar-refractivity contribution in [1.82, 2.24) is 5.43 Å². The van der Waals surface area contributed by atoms with Gasteiger partial charge in [-0.3, -0.25) is 35.3 Å². The summed E-state index contributed by atoms with van der Waals surface area (Å²) >= 11 is 0. The summed E-state index contributed by atoms with van der Waals surface area (Å²) in [7, 11) is -4.59. The van der Waals surface area contributed by atoms with E-state index in [1.165, 1.54) is 12.3 Å². The molecule has 0 aliphatic heterocycles. The van der Waals surface area contributed by atoms with E-state index in [-0.39, 0.29) is 40.4 Å². The maximum atomic E-state index is 13.1. The molecule has 3 N–H and O–H groups in total. The Kier molecular flexibility index (Phi) is 9.55. The van der Waals surface area contributed by atoms with Crippen LogP contribution < -0.4 is 20.3 Å². The van der Waals surface area contributed by atoms with Crippen LogP contribution in [0.1, 0.15) is 46.1 Å². The maximum Gasteiger partial charge on any atom is 0.472 e. The first-order valence-corrected chi connectivity index (χ1v) is 13.0. The number of carbonyl (C=O) groups excluding carboxylic acids is 2. The lowest BCUT2D eigenvalue weighted by atomic mass is 9.84. The van der Waals surface area contributed by atoms with Crippen molar-refractivity contribution < 1.29 is 40.8 Å². The van der Waals surface area contributed by atoms with Crippen molar-refractivity contribution in [3.8, 4) is 5.75 Å². The van der Waals surface area contributed by atoms with Crippen molar-refractivity contribution >= 4 is 39.0 Å². The Hall–Kier alpha value is -3.88. The molecule has 0 saturated carbocycles. The lowest BCUT2D eigenvalue weighted by Gasteiger charge is -2.22. The van der Waals surface area contributed by atoms with E-state index in [0.29, 0.717) is 0 Å². The van der Waals surface area contributed by atoms with Crippen LogP contribution in [0, 0.1) is 28.4 Å². The van der Waals surface area contributed by atoms with Gasteiger partial charge in [0, 0.05) is 24.2 Å². The molecule has 2 aromatic carbocycles. The number of hydrazine groups is 1. The Morgan fingerprint density at radius 1 is 1.08 bits per heavy atom. The Morgan fingerprint density at radius 2 is 1.64 bits per heavy atom.